The highest BCUT2D eigenvalue weighted by Crippen LogP contribution is 2.24. The summed E-state index contributed by atoms with van der Waals surface area (Å²) in [5.41, 5.74) is 1.65. The molecule has 0 radical (unpaired) electrons. The summed E-state index contributed by atoms with van der Waals surface area (Å²) in [6.07, 6.45) is 5.85. The molecule has 28 heavy (non-hydrogen) atoms. The zero-order chi connectivity index (χ0) is 19.9. The van der Waals surface area contributed by atoms with E-state index in [0.29, 0.717) is 24.2 Å². The van der Waals surface area contributed by atoms with Crippen LogP contribution in [-0.2, 0) is 4.74 Å². The molecule has 0 heterocycles. The predicted octanol–water partition coefficient (Wildman–Crippen LogP) is 5.77. The molecule has 1 aliphatic rings. The zero-order valence-corrected chi connectivity index (χ0v) is 16.6. The number of esters is 2. The second-order valence-corrected chi connectivity index (χ2v) is 7.76. The zero-order valence-electron chi connectivity index (χ0n) is 16.6. The van der Waals surface area contributed by atoms with Gasteiger partial charge < -0.3 is 9.47 Å². The van der Waals surface area contributed by atoms with Gasteiger partial charge in [-0.25, -0.2) is 9.59 Å². The quantitative estimate of drug-likeness (QED) is 0.472. The maximum absolute atomic E-state index is 12.6. The summed E-state index contributed by atoms with van der Waals surface area (Å²) in [6.45, 7) is 4.63. The van der Waals surface area contributed by atoms with Crippen LogP contribution in [0.2, 0.25) is 0 Å². The molecule has 2 aromatic carbocycles. The molecule has 4 nitrogen and oxygen atoms in total. The van der Waals surface area contributed by atoms with Crippen LogP contribution >= 0.6 is 0 Å². The lowest BCUT2D eigenvalue weighted by Gasteiger charge is -2.21. The van der Waals surface area contributed by atoms with Crippen LogP contribution in [0.15, 0.2) is 48.5 Å². The third kappa shape index (κ3) is 5.22. The van der Waals surface area contributed by atoms with E-state index < -0.39 is 11.9 Å². The molecule has 1 saturated carbocycles. The van der Waals surface area contributed by atoms with Crippen molar-refractivity contribution >= 4 is 11.9 Å². The molecule has 4 heteroatoms. The second-order valence-electron chi connectivity index (χ2n) is 7.76. The van der Waals surface area contributed by atoms with Gasteiger partial charge in [-0.2, -0.15) is 0 Å². The Labute approximate surface area is 166 Å². The minimum atomic E-state index is -0.553. The summed E-state index contributed by atoms with van der Waals surface area (Å²) < 4.78 is 11.0. The van der Waals surface area contributed by atoms with Gasteiger partial charge in [-0.05, 0) is 54.5 Å². The third-order valence-electron chi connectivity index (χ3n) is 5.30. The predicted molar refractivity (Wildman–Crippen MR) is 109 cm³/mol. The van der Waals surface area contributed by atoms with E-state index in [1.165, 1.54) is 24.8 Å². The van der Waals surface area contributed by atoms with Crippen LogP contribution in [0.1, 0.15) is 78.1 Å². The van der Waals surface area contributed by atoms with E-state index in [2.05, 4.69) is 13.8 Å². The molecule has 0 bridgehead atoms. The lowest BCUT2D eigenvalue weighted by atomic mass is 9.90. The molecule has 1 fully saturated rings. The molecular formula is C24H28O4. The summed E-state index contributed by atoms with van der Waals surface area (Å²) in [7, 11) is 0. The molecule has 148 valence electrons. The Morgan fingerprint density at radius 2 is 1.50 bits per heavy atom. The van der Waals surface area contributed by atoms with Gasteiger partial charge in [0.2, 0.25) is 0 Å². The summed E-state index contributed by atoms with van der Waals surface area (Å²) in [5.74, 6) is 0.274. The van der Waals surface area contributed by atoms with E-state index in [0.717, 1.165) is 12.8 Å². The Balaban J connectivity index is 1.66. The Bertz CT molecular complexity index is 802. The summed E-state index contributed by atoms with van der Waals surface area (Å²) in [6, 6.07) is 14.1. The van der Waals surface area contributed by atoms with Gasteiger partial charge in [0.05, 0.1) is 17.7 Å². The number of rotatable bonds is 6. The molecule has 0 atom stereocenters. The molecule has 0 spiro atoms. The van der Waals surface area contributed by atoms with E-state index in [4.69, 9.17) is 9.47 Å². The van der Waals surface area contributed by atoms with Crippen molar-refractivity contribution in [2.24, 2.45) is 5.92 Å². The molecule has 0 unspecified atom stereocenters. The van der Waals surface area contributed by atoms with Crippen LogP contribution in [0, 0.1) is 5.92 Å². The van der Waals surface area contributed by atoms with E-state index in [9.17, 15) is 9.59 Å². The number of ether oxygens (including phenoxy) is 2. The van der Waals surface area contributed by atoms with Crippen molar-refractivity contribution in [3.8, 4) is 5.75 Å². The summed E-state index contributed by atoms with van der Waals surface area (Å²) in [4.78, 5) is 25.2. The monoisotopic (exact) mass is 380 g/mol. The summed E-state index contributed by atoms with van der Waals surface area (Å²) in [5, 5.41) is 0. The Morgan fingerprint density at radius 1 is 0.893 bits per heavy atom. The van der Waals surface area contributed by atoms with Crippen molar-refractivity contribution in [2.45, 2.75) is 51.9 Å². The fraction of sp³-hybridized carbons (Fsp3) is 0.417. The van der Waals surface area contributed by atoms with Crippen LogP contribution in [0.4, 0.5) is 0 Å². The third-order valence-corrected chi connectivity index (χ3v) is 5.30. The van der Waals surface area contributed by atoms with Crippen molar-refractivity contribution in [3.05, 3.63) is 65.2 Å². The number of benzene rings is 2. The molecule has 0 aliphatic heterocycles. The van der Waals surface area contributed by atoms with Crippen molar-refractivity contribution in [3.63, 3.8) is 0 Å². The lowest BCUT2D eigenvalue weighted by Crippen LogP contribution is -2.19. The minimum absolute atomic E-state index is 0.226. The summed E-state index contributed by atoms with van der Waals surface area (Å²) >= 11 is 0. The molecular weight excluding hydrogens is 352 g/mol. The number of hydrogen-bond acceptors (Lipinski definition) is 4. The van der Waals surface area contributed by atoms with Crippen molar-refractivity contribution in [1.29, 1.82) is 0 Å². The van der Waals surface area contributed by atoms with Crippen LogP contribution < -0.4 is 4.74 Å². The van der Waals surface area contributed by atoms with Gasteiger partial charge in [-0.3, -0.25) is 0 Å². The molecule has 0 amide bonds. The maximum Gasteiger partial charge on any atom is 0.344 e. The molecule has 0 aromatic heterocycles. The van der Waals surface area contributed by atoms with E-state index in [1.54, 1.807) is 36.4 Å². The highest BCUT2D eigenvalue weighted by atomic mass is 16.5. The van der Waals surface area contributed by atoms with E-state index in [1.807, 2.05) is 12.1 Å². The van der Waals surface area contributed by atoms with Gasteiger partial charge in [-0.1, -0.05) is 57.4 Å². The van der Waals surface area contributed by atoms with Crippen molar-refractivity contribution < 1.29 is 19.1 Å². The first-order chi connectivity index (χ1) is 13.5. The lowest BCUT2D eigenvalue weighted by molar-refractivity contribution is 0.0404. The van der Waals surface area contributed by atoms with E-state index >= 15 is 0 Å². The van der Waals surface area contributed by atoms with Crippen LogP contribution in [0.5, 0.6) is 5.75 Å². The Morgan fingerprint density at radius 3 is 2.11 bits per heavy atom. The second kappa shape index (κ2) is 9.54. The average molecular weight is 380 g/mol. The Hall–Kier alpha value is -2.62. The molecule has 0 N–H and O–H groups in total. The smallest absolute Gasteiger partial charge is 0.344 e. The largest absolute Gasteiger partial charge is 0.462 e. The average Bonchev–Trinajstić information content (AvgIpc) is 2.73. The molecule has 0 saturated heterocycles. The van der Waals surface area contributed by atoms with Gasteiger partial charge in [0, 0.05) is 0 Å². The molecule has 1 aliphatic carbocycles. The van der Waals surface area contributed by atoms with Gasteiger partial charge in [0.1, 0.15) is 5.75 Å². The first-order valence-corrected chi connectivity index (χ1v) is 10.1. The van der Waals surface area contributed by atoms with Crippen LogP contribution in [0.25, 0.3) is 0 Å². The number of hydrogen-bond donors (Lipinski definition) is 0. The molecule has 3 rings (SSSR count). The first kappa shape index (κ1) is 20.1. The number of carbonyl (C=O) groups excluding carboxylic acids is 2. The highest BCUT2D eigenvalue weighted by Gasteiger charge is 2.21. The van der Waals surface area contributed by atoms with Crippen LogP contribution in [0.3, 0.4) is 0 Å². The topological polar surface area (TPSA) is 52.6 Å². The number of carbonyl (C=O) groups is 2. The van der Waals surface area contributed by atoms with Gasteiger partial charge in [-0.15, -0.1) is 0 Å². The fourth-order valence-corrected chi connectivity index (χ4v) is 3.55. The molecule has 2 aromatic rings. The SMILES string of the molecule is CC(C)c1ccc(OC(=O)c2ccccc2C(=O)OCC2CCCCC2)cc1. The Kier molecular flexibility index (Phi) is 6.85. The highest BCUT2D eigenvalue weighted by molar-refractivity contribution is 6.03. The fourth-order valence-electron chi connectivity index (χ4n) is 3.55. The minimum Gasteiger partial charge on any atom is -0.462 e. The van der Waals surface area contributed by atoms with Gasteiger partial charge >= 0.3 is 11.9 Å². The van der Waals surface area contributed by atoms with Crippen molar-refractivity contribution in [2.75, 3.05) is 6.61 Å². The maximum atomic E-state index is 12.6. The van der Waals surface area contributed by atoms with Gasteiger partial charge in [0.15, 0.2) is 0 Å². The normalized spacial score (nSPS) is 14.7. The van der Waals surface area contributed by atoms with E-state index in [-0.39, 0.29) is 11.1 Å². The van der Waals surface area contributed by atoms with Crippen LogP contribution in [-0.4, -0.2) is 18.5 Å². The standard InChI is InChI=1S/C24H28O4/c1-17(2)19-12-14-20(15-13-19)28-24(26)22-11-7-6-10-21(22)23(25)27-16-18-8-4-3-5-9-18/h6-7,10-15,17-18H,3-5,8-9,16H2,1-2H3. The first-order valence-electron chi connectivity index (χ1n) is 10.1. The van der Waals surface area contributed by atoms with Gasteiger partial charge in [0.25, 0.3) is 0 Å². The van der Waals surface area contributed by atoms with Crippen molar-refractivity contribution in [1.82, 2.24) is 0 Å².